The smallest absolute Gasteiger partial charge is 0.253 e. The van der Waals surface area contributed by atoms with E-state index in [1.807, 2.05) is 37.4 Å². The van der Waals surface area contributed by atoms with Crippen molar-refractivity contribution in [2.45, 2.75) is 27.4 Å². The predicted molar refractivity (Wildman–Crippen MR) is 178 cm³/mol. The summed E-state index contributed by atoms with van der Waals surface area (Å²) in [6, 6.07) is 13.9. The average molecular weight is 701 g/mol. The van der Waals surface area contributed by atoms with Crippen molar-refractivity contribution in [3.05, 3.63) is 97.8 Å². The first-order valence-corrected chi connectivity index (χ1v) is 15.4. The molecule has 0 spiro atoms. The van der Waals surface area contributed by atoms with E-state index in [4.69, 9.17) is 27.9 Å². The maximum absolute atomic E-state index is 12.9. The third-order valence-corrected chi connectivity index (χ3v) is 8.77. The van der Waals surface area contributed by atoms with Crippen LogP contribution in [0.4, 0.5) is 5.69 Å². The number of halogens is 3. The van der Waals surface area contributed by atoms with Crippen molar-refractivity contribution in [1.82, 2.24) is 19.6 Å². The molecule has 0 radical (unpaired) electrons. The zero-order valence-corrected chi connectivity index (χ0v) is 27.8. The molecule has 0 saturated heterocycles. The molecule has 0 saturated carbocycles. The van der Waals surface area contributed by atoms with Gasteiger partial charge >= 0.3 is 0 Å². The lowest BCUT2D eigenvalue weighted by atomic mass is 10.1. The van der Waals surface area contributed by atoms with Crippen LogP contribution >= 0.6 is 39.1 Å². The van der Waals surface area contributed by atoms with Gasteiger partial charge < -0.3 is 19.9 Å². The monoisotopic (exact) mass is 699 g/mol. The minimum Gasteiger partial charge on any atom is -0.485 e. The second kappa shape index (κ2) is 14.7. The van der Waals surface area contributed by atoms with Gasteiger partial charge in [-0.1, -0.05) is 35.3 Å². The van der Waals surface area contributed by atoms with Crippen LogP contribution in [0.1, 0.15) is 41.0 Å². The number of imidazole rings is 1. The second-order valence-electron chi connectivity index (χ2n) is 9.81. The number of likely N-dealkylation sites (N-methyl/N-ethyl adjacent to an activating group) is 1. The first-order chi connectivity index (χ1) is 21.0. The molecule has 0 atom stereocenters. The number of aryl methyl sites for hydroxylation is 1. The van der Waals surface area contributed by atoms with Crippen LogP contribution in [0.15, 0.2) is 65.4 Å². The van der Waals surface area contributed by atoms with Gasteiger partial charge in [-0.3, -0.25) is 18.8 Å². The van der Waals surface area contributed by atoms with Crippen LogP contribution in [-0.4, -0.2) is 58.7 Å². The molecule has 12 heteroatoms. The van der Waals surface area contributed by atoms with Gasteiger partial charge in [-0.25, -0.2) is 4.98 Å². The van der Waals surface area contributed by atoms with Crippen molar-refractivity contribution in [3.63, 3.8) is 0 Å². The number of ether oxygens (including phenoxy) is 1. The van der Waals surface area contributed by atoms with Crippen molar-refractivity contribution >= 4 is 74.3 Å². The maximum Gasteiger partial charge on any atom is 0.253 e. The van der Waals surface area contributed by atoms with E-state index in [1.54, 1.807) is 60.5 Å². The number of hydrogen-bond acceptors (Lipinski definition) is 5. The summed E-state index contributed by atoms with van der Waals surface area (Å²) >= 11 is 16.7. The number of nitrogens with zero attached hydrogens (tertiary/aromatic N) is 4. The van der Waals surface area contributed by atoms with Crippen LogP contribution in [0.25, 0.3) is 11.7 Å². The molecule has 0 aliphatic heterocycles. The highest BCUT2D eigenvalue weighted by Gasteiger charge is 2.20. The zero-order chi connectivity index (χ0) is 32.0. The van der Waals surface area contributed by atoms with E-state index in [-0.39, 0.29) is 30.0 Å². The Hall–Kier alpha value is -3.86. The quantitative estimate of drug-likeness (QED) is 0.179. The number of benzene rings is 2. The van der Waals surface area contributed by atoms with E-state index in [9.17, 15) is 14.4 Å². The molecule has 0 aliphatic rings. The average Bonchev–Trinajstić information content (AvgIpc) is 3.32. The number of fused-ring (bicyclic) bond motifs is 1. The normalized spacial score (nSPS) is 11.2. The van der Waals surface area contributed by atoms with Crippen LogP contribution in [0, 0.1) is 6.92 Å². The highest BCUT2D eigenvalue weighted by atomic mass is 79.9. The Balaban J connectivity index is 1.36. The van der Waals surface area contributed by atoms with Gasteiger partial charge in [-0.15, -0.1) is 0 Å². The largest absolute Gasteiger partial charge is 0.485 e. The summed E-state index contributed by atoms with van der Waals surface area (Å²) in [5, 5.41) is 3.24. The van der Waals surface area contributed by atoms with E-state index >= 15 is 0 Å². The molecular formula is C32H32BrCl2N5O4. The van der Waals surface area contributed by atoms with Crippen LogP contribution in [0.2, 0.25) is 10.0 Å². The summed E-state index contributed by atoms with van der Waals surface area (Å²) in [6.07, 6.45) is 4.82. The molecule has 2 heterocycles. The van der Waals surface area contributed by atoms with Crippen molar-refractivity contribution < 1.29 is 19.1 Å². The molecule has 0 fully saturated rings. The molecule has 230 valence electrons. The molecule has 3 amide bonds. The Labute approximate surface area is 274 Å². The lowest BCUT2D eigenvalue weighted by Gasteiger charge is -2.21. The molecule has 2 aromatic carbocycles. The molecule has 9 nitrogen and oxygen atoms in total. The van der Waals surface area contributed by atoms with E-state index in [0.29, 0.717) is 46.3 Å². The van der Waals surface area contributed by atoms with Gasteiger partial charge in [0.15, 0.2) is 11.4 Å². The van der Waals surface area contributed by atoms with Crippen LogP contribution in [0.5, 0.6) is 5.75 Å². The Kier molecular flexibility index (Phi) is 11.1. The van der Waals surface area contributed by atoms with Gasteiger partial charge in [-0.05, 0) is 84.7 Å². The molecular weight excluding hydrogens is 669 g/mol. The Morgan fingerprint density at radius 1 is 1.07 bits per heavy atom. The van der Waals surface area contributed by atoms with Crippen LogP contribution in [0.3, 0.4) is 0 Å². The highest BCUT2D eigenvalue weighted by molar-refractivity contribution is 9.10. The first kappa shape index (κ1) is 33.0. The maximum atomic E-state index is 12.9. The van der Waals surface area contributed by atoms with Crippen molar-refractivity contribution in [2.75, 3.05) is 31.6 Å². The van der Waals surface area contributed by atoms with Crippen LogP contribution < -0.4 is 15.0 Å². The summed E-state index contributed by atoms with van der Waals surface area (Å²) in [4.78, 5) is 45.5. The van der Waals surface area contributed by atoms with Gasteiger partial charge in [0.2, 0.25) is 11.8 Å². The summed E-state index contributed by atoms with van der Waals surface area (Å²) in [5.41, 5.74) is 3.71. The van der Waals surface area contributed by atoms with Gasteiger partial charge in [-0.2, -0.15) is 0 Å². The Morgan fingerprint density at radius 3 is 2.45 bits per heavy atom. The number of anilines is 1. The minimum atomic E-state index is -0.443. The topological polar surface area (TPSA) is 96.2 Å². The highest BCUT2D eigenvalue weighted by Crippen LogP contribution is 2.35. The fraction of sp³-hybridized carbons (Fsp3) is 0.250. The number of carbonyl (C=O) groups excluding carboxylic acids is 3. The second-order valence-corrected chi connectivity index (χ2v) is 11.3. The SMILES string of the molecule is CCN(CC)C(=O)c1ccc(C=CC(=O)NCC(=O)N(C)c2ccc(Cl)c(COc3cccn4c(Br)c(C)nc34)c2Cl)cc1. The van der Waals surface area contributed by atoms with Crippen molar-refractivity contribution in [2.24, 2.45) is 0 Å². The predicted octanol–water partition coefficient (Wildman–Crippen LogP) is 6.57. The van der Waals surface area contributed by atoms with E-state index in [1.165, 1.54) is 11.0 Å². The van der Waals surface area contributed by atoms with Crippen molar-refractivity contribution in [1.29, 1.82) is 0 Å². The number of hydrogen-bond donors (Lipinski definition) is 1. The molecule has 4 aromatic rings. The molecule has 44 heavy (non-hydrogen) atoms. The summed E-state index contributed by atoms with van der Waals surface area (Å²) in [6.45, 7) is 6.81. The lowest BCUT2D eigenvalue weighted by Crippen LogP contribution is -2.37. The first-order valence-electron chi connectivity index (χ1n) is 13.9. The minimum absolute atomic E-state index is 0.0400. The van der Waals surface area contributed by atoms with E-state index in [2.05, 4.69) is 26.2 Å². The van der Waals surface area contributed by atoms with E-state index in [0.717, 1.165) is 15.9 Å². The molecule has 4 rings (SSSR count). The molecule has 2 aromatic heterocycles. The number of rotatable bonds is 11. The van der Waals surface area contributed by atoms with Gasteiger partial charge in [0.25, 0.3) is 5.91 Å². The van der Waals surface area contributed by atoms with Crippen molar-refractivity contribution in [3.8, 4) is 5.75 Å². The van der Waals surface area contributed by atoms with Gasteiger partial charge in [0.1, 0.15) is 11.2 Å². The fourth-order valence-corrected chi connectivity index (χ4v) is 5.42. The summed E-state index contributed by atoms with van der Waals surface area (Å²) in [7, 11) is 1.57. The third kappa shape index (κ3) is 7.43. The lowest BCUT2D eigenvalue weighted by molar-refractivity contribution is -0.122. The number of nitrogens with one attached hydrogen (secondary N) is 1. The summed E-state index contributed by atoms with van der Waals surface area (Å²) < 4.78 is 8.75. The standard InChI is InChI=1S/C32H32BrCl2N5O4/c1-5-39(6-2)32(43)22-12-9-21(10-13-22)11-16-27(41)36-18-28(42)38(4)25-15-14-24(34)23(29(25)35)19-44-26-8-7-17-40-30(33)20(3)37-31(26)40/h7-17H,5-6,18-19H2,1-4H3,(H,36,41). The molecule has 0 aliphatic carbocycles. The fourth-order valence-electron chi connectivity index (χ4n) is 4.44. The Bertz CT molecular complexity index is 1720. The van der Waals surface area contributed by atoms with Crippen LogP contribution in [-0.2, 0) is 16.2 Å². The molecule has 0 unspecified atom stereocenters. The number of pyridine rings is 1. The third-order valence-electron chi connectivity index (χ3n) is 7.04. The van der Waals surface area contributed by atoms with Gasteiger partial charge in [0.05, 0.1) is 22.9 Å². The zero-order valence-electron chi connectivity index (χ0n) is 24.7. The summed E-state index contributed by atoms with van der Waals surface area (Å²) in [5.74, 6) is -0.323. The van der Waals surface area contributed by atoms with E-state index < -0.39 is 5.91 Å². The molecule has 1 N–H and O–H groups in total. The Morgan fingerprint density at radius 2 is 1.77 bits per heavy atom. The molecule has 0 bridgehead atoms. The number of amides is 3. The van der Waals surface area contributed by atoms with Gasteiger partial charge in [0, 0.05) is 48.6 Å². The number of carbonyl (C=O) groups is 3. The number of aromatic nitrogens is 2.